The minimum absolute atomic E-state index is 0.0414. The minimum atomic E-state index is -4.44. The highest BCUT2D eigenvalue weighted by molar-refractivity contribution is 7.91. The number of halogens is 3. The second-order valence-corrected chi connectivity index (χ2v) is 12.4. The van der Waals surface area contributed by atoms with Crippen LogP contribution in [0.2, 0.25) is 0 Å². The van der Waals surface area contributed by atoms with Crippen molar-refractivity contribution in [3.05, 3.63) is 95.9 Å². The van der Waals surface area contributed by atoms with Gasteiger partial charge in [-0.1, -0.05) is 25.6 Å². The van der Waals surface area contributed by atoms with Crippen molar-refractivity contribution in [3.8, 4) is 5.75 Å². The molecule has 2 heterocycles. The van der Waals surface area contributed by atoms with Gasteiger partial charge in [-0.15, -0.1) is 0 Å². The van der Waals surface area contributed by atoms with Gasteiger partial charge in [0.25, 0.3) is 5.91 Å². The molecule has 0 aliphatic carbocycles. The van der Waals surface area contributed by atoms with E-state index in [9.17, 15) is 31.5 Å². The average Bonchev–Trinajstić information content (AvgIpc) is 3.43. The summed E-state index contributed by atoms with van der Waals surface area (Å²) in [6, 6.07) is 12.6. The van der Waals surface area contributed by atoms with E-state index >= 15 is 0 Å². The van der Waals surface area contributed by atoms with Crippen LogP contribution in [0, 0.1) is 0 Å². The van der Waals surface area contributed by atoms with Gasteiger partial charge in [0, 0.05) is 12.6 Å². The van der Waals surface area contributed by atoms with Crippen molar-refractivity contribution in [3.63, 3.8) is 0 Å². The number of amides is 1. The molecule has 236 valence electrons. The minimum Gasteiger partial charge on any atom is -0.497 e. The zero-order valence-electron chi connectivity index (χ0n) is 24.3. The Morgan fingerprint density at radius 3 is 2.34 bits per heavy atom. The topological polar surface area (TPSA) is 118 Å². The van der Waals surface area contributed by atoms with E-state index in [1.165, 1.54) is 30.5 Å². The Bertz CT molecular complexity index is 1550. The van der Waals surface area contributed by atoms with Crippen LogP contribution in [0.15, 0.2) is 84.1 Å². The lowest BCUT2D eigenvalue weighted by Crippen LogP contribution is -2.33. The number of aromatic nitrogens is 1. The van der Waals surface area contributed by atoms with Crippen LogP contribution in [0.1, 0.15) is 47.8 Å². The van der Waals surface area contributed by atoms with E-state index in [1.807, 2.05) is 11.8 Å². The number of nitrogens with one attached hydrogen (secondary N) is 1. The molecule has 1 saturated heterocycles. The normalized spacial score (nSPS) is 17.6. The highest BCUT2D eigenvalue weighted by atomic mass is 32.2. The highest BCUT2D eigenvalue weighted by Crippen LogP contribution is 2.33. The third kappa shape index (κ3) is 7.69. The van der Waals surface area contributed by atoms with Crippen LogP contribution in [-0.2, 0) is 20.8 Å². The number of nitrogens with zero attached hydrogens (tertiary/aromatic N) is 2. The van der Waals surface area contributed by atoms with Crippen molar-refractivity contribution in [2.45, 2.75) is 49.5 Å². The van der Waals surface area contributed by atoms with E-state index < -0.39 is 46.2 Å². The number of benzene rings is 2. The molecule has 4 rings (SSSR count). The maximum absolute atomic E-state index is 13.0. The van der Waals surface area contributed by atoms with E-state index in [4.69, 9.17) is 9.47 Å². The summed E-state index contributed by atoms with van der Waals surface area (Å²) in [4.78, 5) is 19.5. The molecule has 0 saturated carbocycles. The number of ether oxygens (including phenoxy) is 2. The number of anilines is 1. The first-order chi connectivity index (χ1) is 20.9. The summed E-state index contributed by atoms with van der Waals surface area (Å²) in [5.41, 5.74) is 0.00250. The Kier molecular flexibility index (Phi) is 10.2. The molecule has 2 aromatic carbocycles. The maximum Gasteiger partial charge on any atom is 0.416 e. The molecule has 1 fully saturated rings. The lowest BCUT2D eigenvalue weighted by Gasteiger charge is -2.26. The van der Waals surface area contributed by atoms with E-state index in [0.29, 0.717) is 42.5 Å². The summed E-state index contributed by atoms with van der Waals surface area (Å²) in [5.74, 6) is 0.759. The molecule has 1 amide bonds. The van der Waals surface area contributed by atoms with Gasteiger partial charge in [-0.05, 0) is 61.0 Å². The molecule has 0 spiro atoms. The van der Waals surface area contributed by atoms with Gasteiger partial charge in [0.15, 0.2) is 9.84 Å². The second kappa shape index (κ2) is 13.7. The van der Waals surface area contributed by atoms with Crippen LogP contribution in [0.25, 0.3) is 0 Å². The number of carbonyl (C=O) groups is 1. The van der Waals surface area contributed by atoms with Gasteiger partial charge in [0.1, 0.15) is 23.4 Å². The first-order valence-corrected chi connectivity index (χ1v) is 15.6. The standard InChI is InChI=1S/C31H34F3N3O6S/c1-4-42-20(3)28-16-25(43-24-11-9-23(10-12-24)31(32,33)34)18-37(28)29-15-8-22(17-35-29)30(39)36-27(19-38)21-6-13-26(14-7-21)44(40,41)5-2/h6-15,17,25,27-28,38H,3-5,16,18-19H2,1-2H3,(H,36,39)/t25?,27-,28-/m0/s1. The molecule has 1 aromatic heterocycles. The van der Waals surface area contributed by atoms with E-state index in [-0.39, 0.29) is 22.3 Å². The van der Waals surface area contributed by atoms with Crippen molar-refractivity contribution in [1.29, 1.82) is 0 Å². The predicted octanol–water partition coefficient (Wildman–Crippen LogP) is 4.93. The first-order valence-electron chi connectivity index (χ1n) is 14.0. The molecule has 3 aromatic rings. The molecule has 1 aliphatic rings. The fraction of sp³-hybridized carbons (Fsp3) is 0.355. The second-order valence-electron chi connectivity index (χ2n) is 10.2. The first kappa shape index (κ1) is 32.8. The smallest absolute Gasteiger partial charge is 0.416 e. The summed E-state index contributed by atoms with van der Waals surface area (Å²) in [6.45, 7) is 7.73. The van der Waals surface area contributed by atoms with Gasteiger partial charge >= 0.3 is 6.18 Å². The number of alkyl halides is 3. The number of hydrogen-bond donors (Lipinski definition) is 2. The van der Waals surface area contributed by atoms with Crippen LogP contribution < -0.4 is 15.0 Å². The lowest BCUT2D eigenvalue weighted by atomic mass is 10.1. The highest BCUT2D eigenvalue weighted by Gasteiger charge is 2.37. The molecular formula is C31H34F3N3O6S. The summed E-state index contributed by atoms with van der Waals surface area (Å²) in [6.07, 6.45) is -3.01. The van der Waals surface area contributed by atoms with Crippen molar-refractivity contribution >= 4 is 21.6 Å². The Labute approximate surface area is 254 Å². The number of pyridine rings is 1. The molecular weight excluding hydrogens is 599 g/mol. The molecule has 13 heteroatoms. The lowest BCUT2D eigenvalue weighted by molar-refractivity contribution is -0.137. The molecule has 2 N–H and O–H groups in total. The van der Waals surface area contributed by atoms with Gasteiger partial charge in [-0.2, -0.15) is 13.2 Å². The van der Waals surface area contributed by atoms with Gasteiger partial charge < -0.3 is 24.8 Å². The average molecular weight is 634 g/mol. The largest absolute Gasteiger partial charge is 0.497 e. The van der Waals surface area contributed by atoms with Gasteiger partial charge in [0.2, 0.25) is 0 Å². The maximum atomic E-state index is 13.0. The van der Waals surface area contributed by atoms with Crippen molar-refractivity contribution in [1.82, 2.24) is 10.3 Å². The Balaban J connectivity index is 1.46. The Morgan fingerprint density at radius 1 is 1.11 bits per heavy atom. The van der Waals surface area contributed by atoms with E-state index in [2.05, 4.69) is 16.9 Å². The molecule has 44 heavy (non-hydrogen) atoms. The summed E-state index contributed by atoms with van der Waals surface area (Å²) in [7, 11) is -3.38. The van der Waals surface area contributed by atoms with Crippen LogP contribution >= 0.6 is 0 Å². The molecule has 3 atom stereocenters. The van der Waals surface area contributed by atoms with Gasteiger partial charge in [-0.3, -0.25) is 4.79 Å². The summed E-state index contributed by atoms with van der Waals surface area (Å²) < 4.78 is 74.6. The number of hydrogen-bond acceptors (Lipinski definition) is 8. The SMILES string of the molecule is C=C(OCC)[C@@H]1CC(Oc2ccc(C(F)(F)F)cc2)CN1c1ccc(C(=O)N[C@@H](CO)c2ccc(S(=O)(=O)CC)cc2)cn1. The van der Waals surface area contributed by atoms with Crippen molar-refractivity contribution in [2.75, 3.05) is 30.4 Å². The molecule has 1 aliphatic heterocycles. The zero-order chi connectivity index (χ0) is 32.1. The van der Waals surface area contributed by atoms with Crippen LogP contribution in [0.3, 0.4) is 0 Å². The monoisotopic (exact) mass is 633 g/mol. The van der Waals surface area contributed by atoms with Gasteiger partial charge in [0.05, 0.1) is 53.6 Å². The number of aliphatic hydroxyl groups excluding tert-OH is 1. The van der Waals surface area contributed by atoms with Crippen LogP contribution in [0.4, 0.5) is 19.0 Å². The summed E-state index contributed by atoms with van der Waals surface area (Å²) >= 11 is 0. The van der Waals surface area contributed by atoms with Crippen molar-refractivity contribution < 1.29 is 41.0 Å². The number of sulfone groups is 1. The molecule has 0 bridgehead atoms. The fourth-order valence-corrected chi connectivity index (χ4v) is 5.76. The quantitative estimate of drug-likeness (QED) is 0.270. The van der Waals surface area contributed by atoms with E-state index in [1.54, 1.807) is 31.2 Å². The van der Waals surface area contributed by atoms with Crippen molar-refractivity contribution in [2.24, 2.45) is 0 Å². The zero-order valence-corrected chi connectivity index (χ0v) is 25.1. The fourth-order valence-electron chi connectivity index (χ4n) is 4.88. The third-order valence-electron chi connectivity index (χ3n) is 7.26. The summed E-state index contributed by atoms with van der Waals surface area (Å²) in [5, 5.41) is 12.6. The van der Waals surface area contributed by atoms with Crippen LogP contribution in [0.5, 0.6) is 5.75 Å². The van der Waals surface area contributed by atoms with E-state index in [0.717, 1.165) is 12.1 Å². The van der Waals surface area contributed by atoms with Gasteiger partial charge in [-0.25, -0.2) is 13.4 Å². The Morgan fingerprint density at radius 2 is 1.80 bits per heavy atom. The number of aliphatic hydroxyl groups is 1. The number of carbonyl (C=O) groups excluding carboxylic acids is 1. The number of rotatable bonds is 12. The molecule has 9 nitrogen and oxygen atoms in total. The van der Waals surface area contributed by atoms with Crippen LogP contribution in [-0.4, -0.2) is 62.1 Å². The Hall–Kier alpha value is -4.10. The third-order valence-corrected chi connectivity index (χ3v) is 9.01. The molecule has 1 unspecified atom stereocenters. The molecule has 0 radical (unpaired) electrons. The predicted molar refractivity (Wildman–Crippen MR) is 158 cm³/mol.